The number of benzene rings is 2. The highest BCUT2D eigenvalue weighted by molar-refractivity contribution is 8.00. The second kappa shape index (κ2) is 10.4. The van der Waals surface area contributed by atoms with Crippen LogP contribution >= 0.6 is 35.0 Å². The molecule has 2 aromatic rings. The maximum Gasteiger partial charge on any atom is 0.256 e. The third-order valence-electron chi connectivity index (χ3n) is 5.18. The number of halogens is 2. The Balaban J connectivity index is 1.66. The van der Waals surface area contributed by atoms with E-state index < -0.39 is 0 Å². The SMILES string of the molecule is CN(C(=O)CSc1ccccc1C(=O)Nc1cc(Cl)ccc1Cl)C1CCCCC1. The first-order valence-corrected chi connectivity index (χ1v) is 11.4. The molecule has 2 amide bonds. The second-order valence-corrected chi connectivity index (χ2v) is 9.02. The van der Waals surface area contributed by atoms with Gasteiger partial charge in [0.2, 0.25) is 5.91 Å². The Morgan fingerprint density at radius 1 is 1.10 bits per heavy atom. The molecule has 0 aliphatic heterocycles. The lowest BCUT2D eigenvalue weighted by Gasteiger charge is -2.31. The van der Waals surface area contributed by atoms with Crippen molar-refractivity contribution >= 4 is 52.5 Å². The molecule has 0 aromatic heterocycles. The van der Waals surface area contributed by atoms with Crippen LogP contribution < -0.4 is 5.32 Å². The summed E-state index contributed by atoms with van der Waals surface area (Å²) < 4.78 is 0. The summed E-state index contributed by atoms with van der Waals surface area (Å²) >= 11 is 13.5. The topological polar surface area (TPSA) is 49.4 Å². The van der Waals surface area contributed by atoms with E-state index in [4.69, 9.17) is 23.2 Å². The van der Waals surface area contributed by atoms with Crippen molar-refractivity contribution in [3.63, 3.8) is 0 Å². The normalized spacial score (nSPS) is 14.4. The number of hydrogen-bond acceptors (Lipinski definition) is 3. The highest BCUT2D eigenvalue weighted by Crippen LogP contribution is 2.29. The Hall–Kier alpha value is -1.69. The van der Waals surface area contributed by atoms with Crippen molar-refractivity contribution in [2.24, 2.45) is 0 Å². The van der Waals surface area contributed by atoms with E-state index in [0.29, 0.717) is 33.1 Å². The number of nitrogens with one attached hydrogen (secondary N) is 1. The van der Waals surface area contributed by atoms with Gasteiger partial charge in [-0.2, -0.15) is 0 Å². The van der Waals surface area contributed by atoms with Gasteiger partial charge < -0.3 is 10.2 Å². The molecule has 4 nitrogen and oxygen atoms in total. The summed E-state index contributed by atoms with van der Waals surface area (Å²) in [4.78, 5) is 28.1. The van der Waals surface area contributed by atoms with Crippen LogP contribution in [0.15, 0.2) is 47.4 Å². The van der Waals surface area contributed by atoms with Gasteiger partial charge in [0.1, 0.15) is 0 Å². The summed E-state index contributed by atoms with van der Waals surface area (Å²) in [6.07, 6.45) is 5.78. The standard InChI is InChI=1S/C22H24Cl2N2O2S/c1-26(16-7-3-2-4-8-16)21(27)14-29-20-10-6-5-9-17(20)22(28)25-19-13-15(23)11-12-18(19)24/h5-6,9-13,16H,2-4,7-8,14H2,1H3,(H,25,28). The summed E-state index contributed by atoms with van der Waals surface area (Å²) in [5, 5.41) is 3.71. The summed E-state index contributed by atoms with van der Waals surface area (Å²) in [7, 11) is 1.89. The molecule has 1 fully saturated rings. The molecule has 2 aromatic carbocycles. The average Bonchev–Trinajstić information content (AvgIpc) is 2.74. The fourth-order valence-corrected chi connectivity index (χ4v) is 4.79. The van der Waals surface area contributed by atoms with Crippen LogP contribution in [-0.4, -0.2) is 35.6 Å². The van der Waals surface area contributed by atoms with Gasteiger partial charge in [0, 0.05) is 23.0 Å². The number of hydrogen-bond donors (Lipinski definition) is 1. The zero-order valence-corrected chi connectivity index (χ0v) is 18.6. The van der Waals surface area contributed by atoms with E-state index in [1.54, 1.807) is 30.3 Å². The highest BCUT2D eigenvalue weighted by Gasteiger charge is 2.22. The van der Waals surface area contributed by atoms with Crippen LogP contribution in [0.2, 0.25) is 10.0 Å². The van der Waals surface area contributed by atoms with Crippen LogP contribution in [0, 0.1) is 0 Å². The molecule has 29 heavy (non-hydrogen) atoms. The molecule has 1 aliphatic carbocycles. The van der Waals surface area contributed by atoms with Gasteiger partial charge in [0.05, 0.1) is 22.0 Å². The van der Waals surface area contributed by atoms with E-state index in [9.17, 15) is 9.59 Å². The van der Waals surface area contributed by atoms with Crippen molar-refractivity contribution in [2.75, 3.05) is 18.1 Å². The molecule has 0 bridgehead atoms. The van der Waals surface area contributed by atoms with Crippen LogP contribution in [0.5, 0.6) is 0 Å². The van der Waals surface area contributed by atoms with Crippen LogP contribution in [-0.2, 0) is 4.79 Å². The third-order valence-corrected chi connectivity index (χ3v) is 6.80. The lowest BCUT2D eigenvalue weighted by atomic mass is 9.94. The number of nitrogens with zero attached hydrogens (tertiary/aromatic N) is 1. The van der Waals surface area contributed by atoms with Crippen molar-refractivity contribution < 1.29 is 9.59 Å². The Labute approximate surface area is 185 Å². The monoisotopic (exact) mass is 450 g/mol. The van der Waals surface area contributed by atoms with Crippen LogP contribution in [0.3, 0.4) is 0 Å². The molecule has 0 atom stereocenters. The fourth-order valence-electron chi connectivity index (χ4n) is 3.48. The zero-order valence-electron chi connectivity index (χ0n) is 16.3. The Kier molecular flexibility index (Phi) is 7.87. The molecule has 0 unspecified atom stereocenters. The minimum Gasteiger partial charge on any atom is -0.342 e. The van der Waals surface area contributed by atoms with E-state index in [1.165, 1.54) is 31.0 Å². The largest absolute Gasteiger partial charge is 0.342 e. The van der Waals surface area contributed by atoms with Crippen LogP contribution in [0.1, 0.15) is 42.5 Å². The molecular weight excluding hydrogens is 427 g/mol. The lowest BCUT2D eigenvalue weighted by molar-refractivity contribution is -0.129. The van der Waals surface area contributed by atoms with Gasteiger partial charge in [-0.1, -0.05) is 54.6 Å². The number of carbonyl (C=O) groups excluding carboxylic acids is 2. The summed E-state index contributed by atoms with van der Waals surface area (Å²) in [6.45, 7) is 0. The first-order chi connectivity index (χ1) is 14.0. The van der Waals surface area contributed by atoms with Crippen LogP contribution in [0.25, 0.3) is 0 Å². The number of amides is 2. The van der Waals surface area contributed by atoms with Gasteiger partial charge in [0.15, 0.2) is 0 Å². The fraction of sp³-hybridized carbons (Fsp3) is 0.364. The summed E-state index contributed by atoms with van der Waals surface area (Å²) in [5.74, 6) is 0.107. The number of rotatable bonds is 6. The predicted octanol–water partition coefficient (Wildman–Crippen LogP) is 6.13. The smallest absolute Gasteiger partial charge is 0.256 e. The van der Waals surface area contributed by atoms with Gasteiger partial charge in [-0.25, -0.2) is 0 Å². The number of thioether (sulfide) groups is 1. The van der Waals surface area contributed by atoms with Crippen LogP contribution in [0.4, 0.5) is 5.69 Å². The minimum absolute atomic E-state index is 0.0926. The van der Waals surface area contributed by atoms with Gasteiger partial charge >= 0.3 is 0 Å². The molecule has 7 heteroatoms. The van der Waals surface area contributed by atoms with Gasteiger partial charge in [0.25, 0.3) is 5.91 Å². The molecule has 1 aliphatic rings. The first-order valence-electron chi connectivity index (χ1n) is 9.69. The molecule has 0 spiro atoms. The molecule has 1 N–H and O–H groups in total. The highest BCUT2D eigenvalue weighted by atomic mass is 35.5. The quantitative estimate of drug-likeness (QED) is 0.538. The van der Waals surface area contributed by atoms with Gasteiger partial charge in [-0.05, 0) is 43.2 Å². The summed E-state index contributed by atoms with van der Waals surface area (Å²) in [5.41, 5.74) is 0.957. The lowest BCUT2D eigenvalue weighted by Crippen LogP contribution is -2.39. The molecular formula is C22H24Cl2N2O2S. The maximum atomic E-state index is 12.8. The molecule has 154 valence electrons. The molecule has 1 saturated carbocycles. The van der Waals surface area contributed by atoms with Crippen molar-refractivity contribution in [1.82, 2.24) is 4.90 Å². The van der Waals surface area contributed by atoms with E-state index in [-0.39, 0.29) is 11.8 Å². The predicted molar refractivity (Wildman–Crippen MR) is 121 cm³/mol. The molecule has 3 rings (SSSR count). The summed E-state index contributed by atoms with van der Waals surface area (Å²) in [6, 6.07) is 12.5. The van der Waals surface area contributed by atoms with Crippen molar-refractivity contribution in [3.8, 4) is 0 Å². The first kappa shape index (κ1) is 22.0. The molecule has 0 radical (unpaired) electrons. The Morgan fingerprint density at radius 2 is 1.83 bits per heavy atom. The van der Waals surface area contributed by atoms with E-state index >= 15 is 0 Å². The Morgan fingerprint density at radius 3 is 2.59 bits per heavy atom. The second-order valence-electron chi connectivity index (χ2n) is 7.16. The van der Waals surface area contributed by atoms with E-state index in [2.05, 4.69) is 5.32 Å². The minimum atomic E-state index is -0.287. The van der Waals surface area contributed by atoms with Crippen molar-refractivity contribution in [2.45, 2.75) is 43.0 Å². The van der Waals surface area contributed by atoms with Gasteiger partial charge in [-0.15, -0.1) is 11.8 Å². The average molecular weight is 451 g/mol. The van der Waals surface area contributed by atoms with Crippen molar-refractivity contribution in [1.29, 1.82) is 0 Å². The number of carbonyl (C=O) groups is 2. The number of anilines is 1. The molecule has 0 heterocycles. The maximum absolute atomic E-state index is 12.8. The van der Waals surface area contributed by atoms with Crippen molar-refractivity contribution in [3.05, 3.63) is 58.1 Å². The Bertz CT molecular complexity index is 885. The van der Waals surface area contributed by atoms with E-state index in [0.717, 1.165) is 17.7 Å². The molecule has 0 saturated heterocycles. The van der Waals surface area contributed by atoms with Gasteiger partial charge in [-0.3, -0.25) is 9.59 Å². The zero-order chi connectivity index (χ0) is 20.8. The van der Waals surface area contributed by atoms with E-state index in [1.807, 2.05) is 24.1 Å². The third kappa shape index (κ3) is 5.91.